The minimum Gasteiger partial charge on any atom is -0.254 e. The van der Waals surface area contributed by atoms with Crippen molar-refractivity contribution >= 4 is 10.8 Å². The van der Waals surface area contributed by atoms with Gasteiger partial charge in [-0.1, -0.05) is 19.1 Å². The lowest BCUT2D eigenvalue weighted by Gasteiger charge is -2.30. The van der Waals surface area contributed by atoms with Gasteiger partial charge in [0.15, 0.2) is 0 Å². The molecule has 1 saturated carbocycles. The van der Waals surface area contributed by atoms with Crippen LogP contribution in [0.15, 0.2) is 23.1 Å². The second-order valence-electron chi connectivity index (χ2n) is 5.76. The van der Waals surface area contributed by atoms with E-state index >= 15 is 0 Å². The minimum atomic E-state index is -1.06. The van der Waals surface area contributed by atoms with Crippen LogP contribution in [0.2, 0.25) is 0 Å². The van der Waals surface area contributed by atoms with Crippen molar-refractivity contribution in [2.75, 3.05) is 0 Å². The van der Waals surface area contributed by atoms with Crippen molar-refractivity contribution in [2.24, 2.45) is 11.8 Å². The van der Waals surface area contributed by atoms with E-state index in [0.717, 1.165) is 35.3 Å². The quantitative estimate of drug-likeness (QED) is 0.825. The van der Waals surface area contributed by atoms with Crippen LogP contribution in [0.25, 0.3) is 0 Å². The second-order valence-corrected chi connectivity index (χ2v) is 7.40. The molecule has 2 nitrogen and oxygen atoms in total. The van der Waals surface area contributed by atoms with E-state index in [-0.39, 0.29) is 11.2 Å². The molecule has 0 amide bonds. The number of hydrogen-bond acceptors (Lipinski definition) is 2. The average Bonchev–Trinajstić information content (AvgIpc) is 2.40. The molecule has 1 fully saturated rings. The maximum Gasteiger partial charge on any atom is 0.0668 e. The Kier molecular flexibility index (Phi) is 4.42. The molecule has 1 aliphatic carbocycles. The van der Waals surface area contributed by atoms with E-state index in [0.29, 0.717) is 5.92 Å². The van der Waals surface area contributed by atoms with Gasteiger partial charge >= 0.3 is 0 Å². The van der Waals surface area contributed by atoms with Gasteiger partial charge in [0, 0.05) is 4.90 Å². The van der Waals surface area contributed by atoms with Gasteiger partial charge in [-0.05, 0) is 56.2 Å². The Labute approximate surface area is 118 Å². The lowest BCUT2D eigenvalue weighted by molar-refractivity contribution is 0.341. The molecule has 3 heteroatoms. The van der Waals surface area contributed by atoms with E-state index in [1.165, 1.54) is 0 Å². The predicted molar refractivity (Wildman–Crippen MR) is 78.2 cm³/mol. The molecule has 4 atom stereocenters. The fourth-order valence-electron chi connectivity index (χ4n) is 2.80. The smallest absolute Gasteiger partial charge is 0.0668 e. The molecule has 102 valence electrons. The van der Waals surface area contributed by atoms with E-state index in [1.54, 1.807) is 0 Å². The van der Waals surface area contributed by atoms with Crippen LogP contribution < -0.4 is 0 Å². The number of nitrogens with zero attached hydrogens (tertiary/aromatic N) is 1. The van der Waals surface area contributed by atoms with Crippen LogP contribution in [0.3, 0.4) is 0 Å². The highest BCUT2D eigenvalue weighted by Gasteiger charge is 2.34. The van der Waals surface area contributed by atoms with Gasteiger partial charge < -0.3 is 0 Å². The second kappa shape index (κ2) is 5.88. The molecular formula is C16H21NOS. The summed E-state index contributed by atoms with van der Waals surface area (Å²) in [6, 6.07) is 8.45. The number of nitriles is 1. The molecule has 19 heavy (non-hydrogen) atoms. The largest absolute Gasteiger partial charge is 0.254 e. The number of aryl methyl sites for hydroxylation is 2. The first-order valence-electron chi connectivity index (χ1n) is 6.90. The van der Waals surface area contributed by atoms with Crippen LogP contribution in [-0.2, 0) is 10.8 Å². The minimum absolute atomic E-state index is 0.00532. The van der Waals surface area contributed by atoms with Crippen molar-refractivity contribution in [2.45, 2.75) is 50.2 Å². The Hall–Kier alpha value is -1.14. The van der Waals surface area contributed by atoms with Crippen LogP contribution >= 0.6 is 0 Å². The molecule has 0 saturated heterocycles. The van der Waals surface area contributed by atoms with Crippen molar-refractivity contribution in [3.05, 3.63) is 29.3 Å². The Morgan fingerprint density at radius 2 is 2.05 bits per heavy atom. The Balaban J connectivity index is 2.31. The average molecular weight is 275 g/mol. The van der Waals surface area contributed by atoms with E-state index < -0.39 is 10.8 Å². The van der Waals surface area contributed by atoms with Crippen LogP contribution in [0.4, 0.5) is 0 Å². The summed E-state index contributed by atoms with van der Waals surface area (Å²) in [5.41, 5.74) is 2.20. The first-order chi connectivity index (χ1) is 9.02. The molecule has 0 aromatic heterocycles. The standard InChI is InChI=1S/C16H21NOS/c1-11-4-6-13(3)15(8-11)19(18)16-9-12(2)5-7-14(16)10-17/h4,6,8,12,14,16H,5,7,9H2,1-3H3. The van der Waals surface area contributed by atoms with Gasteiger partial charge in [-0.3, -0.25) is 4.21 Å². The summed E-state index contributed by atoms with van der Waals surface area (Å²) < 4.78 is 12.8. The molecule has 4 unspecified atom stereocenters. The van der Waals surface area contributed by atoms with Crippen molar-refractivity contribution in [1.29, 1.82) is 5.26 Å². The van der Waals surface area contributed by atoms with Gasteiger partial charge in [-0.2, -0.15) is 5.26 Å². The summed E-state index contributed by atoms with van der Waals surface area (Å²) in [7, 11) is -1.06. The number of benzene rings is 1. The third kappa shape index (κ3) is 3.06. The molecule has 0 bridgehead atoms. The summed E-state index contributed by atoms with van der Waals surface area (Å²) in [6.07, 6.45) is 2.87. The summed E-state index contributed by atoms with van der Waals surface area (Å²) in [6.45, 7) is 6.21. The lowest BCUT2D eigenvalue weighted by atomic mass is 9.83. The van der Waals surface area contributed by atoms with Gasteiger partial charge in [0.2, 0.25) is 0 Å². The fourth-order valence-corrected chi connectivity index (χ4v) is 4.81. The molecule has 0 aliphatic heterocycles. The first-order valence-corrected chi connectivity index (χ1v) is 8.11. The maximum atomic E-state index is 12.8. The van der Waals surface area contributed by atoms with Crippen molar-refractivity contribution in [3.63, 3.8) is 0 Å². The van der Waals surface area contributed by atoms with Gasteiger partial charge in [0.05, 0.1) is 28.0 Å². The number of hydrogen-bond donors (Lipinski definition) is 0. The third-order valence-electron chi connectivity index (χ3n) is 4.06. The van der Waals surface area contributed by atoms with Crippen molar-refractivity contribution < 1.29 is 4.21 Å². The lowest BCUT2D eigenvalue weighted by Crippen LogP contribution is -2.31. The van der Waals surface area contributed by atoms with Crippen LogP contribution in [0.5, 0.6) is 0 Å². The van der Waals surface area contributed by atoms with Gasteiger partial charge in [-0.15, -0.1) is 0 Å². The number of rotatable bonds is 2. The van der Waals surface area contributed by atoms with Crippen molar-refractivity contribution in [3.8, 4) is 6.07 Å². The summed E-state index contributed by atoms with van der Waals surface area (Å²) >= 11 is 0. The SMILES string of the molecule is Cc1ccc(C)c(S(=O)C2CC(C)CCC2C#N)c1. The predicted octanol–water partition coefficient (Wildman–Crippen LogP) is 3.74. The molecule has 0 heterocycles. The summed E-state index contributed by atoms with van der Waals surface area (Å²) in [5.74, 6) is 0.514. The zero-order valence-corrected chi connectivity index (χ0v) is 12.7. The highest BCUT2D eigenvalue weighted by atomic mass is 32.2. The Bertz CT molecular complexity index is 532. The third-order valence-corrected chi connectivity index (χ3v) is 6.00. The Morgan fingerprint density at radius 3 is 2.74 bits per heavy atom. The van der Waals surface area contributed by atoms with Crippen LogP contribution in [-0.4, -0.2) is 9.46 Å². The molecule has 1 aromatic rings. The molecule has 0 radical (unpaired) electrons. The summed E-state index contributed by atoms with van der Waals surface area (Å²) in [5, 5.41) is 9.28. The fraction of sp³-hybridized carbons (Fsp3) is 0.562. The van der Waals surface area contributed by atoms with Gasteiger partial charge in [0.25, 0.3) is 0 Å². The topological polar surface area (TPSA) is 40.9 Å². The van der Waals surface area contributed by atoms with E-state index in [4.69, 9.17) is 0 Å². The molecule has 0 N–H and O–H groups in total. The Morgan fingerprint density at radius 1 is 1.32 bits per heavy atom. The molecule has 2 rings (SSSR count). The van der Waals surface area contributed by atoms with E-state index in [1.807, 2.05) is 32.0 Å². The van der Waals surface area contributed by atoms with Gasteiger partial charge in [0.1, 0.15) is 0 Å². The van der Waals surface area contributed by atoms with E-state index in [2.05, 4.69) is 13.0 Å². The highest BCUT2D eigenvalue weighted by Crippen LogP contribution is 2.34. The summed E-state index contributed by atoms with van der Waals surface area (Å²) in [4.78, 5) is 0.916. The zero-order chi connectivity index (χ0) is 14.0. The molecule has 1 aliphatic rings. The van der Waals surface area contributed by atoms with E-state index in [9.17, 15) is 9.47 Å². The normalized spacial score (nSPS) is 28.6. The molecular weight excluding hydrogens is 254 g/mol. The molecule has 1 aromatic carbocycles. The molecule has 0 spiro atoms. The van der Waals surface area contributed by atoms with Crippen molar-refractivity contribution in [1.82, 2.24) is 0 Å². The maximum absolute atomic E-state index is 12.8. The first kappa shape index (κ1) is 14.3. The monoisotopic (exact) mass is 275 g/mol. The van der Waals surface area contributed by atoms with Gasteiger partial charge in [-0.25, -0.2) is 0 Å². The van der Waals surface area contributed by atoms with Crippen LogP contribution in [0, 0.1) is 37.0 Å². The highest BCUT2D eigenvalue weighted by molar-refractivity contribution is 7.85. The zero-order valence-electron chi connectivity index (χ0n) is 11.8. The van der Waals surface area contributed by atoms with Crippen LogP contribution in [0.1, 0.15) is 37.3 Å².